The van der Waals surface area contributed by atoms with Crippen molar-refractivity contribution in [2.45, 2.75) is 26.4 Å². The summed E-state index contributed by atoms with van der Waals surface area (Å²) in [5, 5.41) is 9.15. The Bertz CT molecular complexity index is 152. The summed E-state index contributed by atoms with van der Waals surface area (Å²) in [6.45, 7) is 5.17. The molecule has 1 nitrogen and oxygen atoms in total. The lowest BCUT2D eigenvalue weighted by molar-refractivity contribution is 0.132. The fourth-order valence-electron chi connectivity index (χ4n) is 0.572. The number of rotatable bonds is 1. The van der Waals surface area contributed by atoms with Crippen molar-refractivity contribution in [2.75, 3.05) is 0 Å². The highest BCUT2D eigenvalue weighted by atomic mass is 16.3. The summed E-state index contributed by atoms with van der Waals surface area (Å²) in [6.07, 6.45) is 6.70. The Morgan fingerprint density at radius 3 is 2.22 bits per heavy atom. The molecule has 0 amide bonds. The van der Waals surface area contributed by atoms with Gasteiger partial charge in [-0.1, -0.05) is 5.92 Å². The second-order valence-electron chi connectivity index (χ2n) is 2.63. The average Bonchev–Trinajstić information content (AvgIpc) is 1.62. The van der Waals surface area contributed by atoms with Crippen LogP contribution in [-0.2, 0) is 0 Å². The number of hydrogen-bond donors (Lipinski definition) is 1. The van der Waals surface area contributed by atoms with Crippen LogP contribution in [0, 0.1) is 12.3 Å². The molecule has 50 valence electrons. The highest BCUT2D eigenvalue weighted by Crippen LogP contribution is 2.05. The molecule has 0 atom stereocenters. The van der Waals surface area contributed by atoms with Gasteiger partial charge in [-0.25, -0.2) is 0 Å². The van der Waals surface area contributed by atoms with E-state index in [0.29, 0.717) is 0 Å². The Kier molecular flexibility index (Phi) is 2.48. The van der Waals surface area contributed by atoms with Crippen LogP contribution in [0.3, 0.4) is 0 Å². The zero-order valence-electron chi connectivity index (χ0n) is 6.10. The van der Waals surface area contributed by atoms with Crippen molar-refractivity contribution >= 4 is 0 Å². The van der Waals surface area contributed by atoms with Crippen LogP contribution in [-0.4, -0.2) is 10.7 Å². The van der Waals surface area contributed by atoms with Gasteiger partial charge < -0.3 is 5.11 Å². The van der Waals surface area contributed by atoms with Gasteiger partial charge in [0.1, 0.15) is 0 Å². The third-order valence-corrected chi connectivity index (χ3v) is 0.797. The van der Waals surface area contributed by atoms with E-state index < -0.39 is 5.60 Å². The standard InChI is InChI=1S/C8H12O/c1-5-7(2)6-8(3,4)9/h1,6,9H,2-4H3/b7-6-. The normalized spacial score (nSPS) is 13.0. The molecular formula is C8H12O. The fourth-order valence-corrected chi connectivity index (χ4v) is 0.572. The van der Waals surface area contributed by atoms with Gasteiger partial charge in [0.25, 0.3) is 0 Å². The quantitative estimate of drug-likeness (QED) is 0.523. The summed E-state index contributed by atoms with van der Waals surface area (Å²) in [7, 11) is 0. The first-order valence-electron chi connectivity index (χ1n) is 2.84. The van der Waals surface area contributed by atoms with Crippen molar-refractivity contribution in [3.05, 3.63) is 11.6 Å². The Morgan fingerprint density at radius 2 is 2.11 bits per heavy atom. The molecule has 0 saturated heterocycles. The van der Waals surface area contributed by atoms with E-state index in [1.54, 1.807) is 26.8 Å². The van der Waals surface area contributed by atoms with E-state index in [1.165, 1.54) is 0 Å². The minimum atomic E-state index is -0.781. The highest BCUT2D eigenvalue weighted by Gasteiger charge is 2.06. The summed E-state index contributed by atoms with van der Waals surface area (Å²) < 4.78 is 0. The lowest BCUT2D eigenvalue weighted by Crippen LogP contribution is -2.14. The maximum atomic E-state index is 9.15. The Labute approximate surface area is 56.4 Å². The summed E-state index contributed by atoms with van der Waals surface area (Å²) in [5.41, 5.74) is -0.0151. The molecule has 0 spiro atoms. The van der Waals surface area contributed by atoms with Crippen LogP contribution >= 0.6 is 0 Å². The van der Waals surface area contributed by atoms with Crippen molar-refractivity contribution in [3.8, 4) is 12.3 Å². The first-order chi connectivity index (χ1) is 3.95. The first-order valence-corrected chi connectivity index (χ1v) is 2.84. The van der Waals surface area contributed by atoms with Crippen molar-refractivity contribution < 1.29 is 5.11 Å². The molecule has 0 radical (unpaired) electrons. The Hall–Kier alpha value is -0.740. The summed E-state index contributed by atoms with van der Waals surface area (Å²) >= 11 is 0. The van der Waals surface area contributed by atoms with Crippen LogP contribution in [0.1, 0.15) is 20.8 Å². The second kappa shape index (κ2) is 2.70. The maximum Gasteiger partial charge on any atom is 0.0783 e. The molecule has 9 heavy (non-hydrogen) atoms. The van der Waals surface area contributed by atoms with Gasteiger partial charge in [-0.05, 0) is 32.4 Å². The monoisotopic (exact) mass is 124 g/mol. The molecule has 0 aliphatic rings. The van der Waals surface area contributed by atoms with E-state index in [-0.39, 0.29) is 0 Å². The molecule has 1 N–H and O–H groups in total. The molecule has 0 aromatic rings. The van der Waals surface area contributed by atoms with Crippen LogP contribution in [0.15, 0.2) is 11.6 Å². The van der Waals surface area contributed by atoms with Gasteiger partial charge in [0, 0.05) is 0 Å². The predicted molar refractivity (Wildman–Crippen MR) is 38.9 cm³/mol. The number of hydrogen-bond acceptors (Lipinski definition) is 1. The van der Waals surface area contributed by atoms with Crippen molar-refractivity contribution in [2.24, 2.45) is 0 Å². The Balaban J connectivity index is 4.17. The molecule has 0 bridgehead atoms. The van der Waals surface area contributed by atoms with Crippen molar-refractivity contribution in [3.63, 3.8) is 0 Å². The molecule has 0 aromatic carbocycles. The van der Waals surface area contributed by atoms with Gasteiger partial charge >= 0.3 is 0 Å². The lowest BCUT2D eigenvalue weighted by atomic mass is 10.1. The zero-order valence-corrected chi connectivity index (χ0v) is 6.10. The topological polar surface area (TPSA) is 20.2 Å². The van der Waals surface area contributed by atoms with Crippen LogP contribution in [0.25, 0.3) is 0 Å². The molecule has 0 unspecified atom stereocenters. The third-order valence-electron chi connectivity index (χ3n) is 0.797. The van der Waals surface area contributed by atoms with E-state index in [2.05, 4.69) is 5.92 Å². The van der Waals surface area contributed by atoms with Gasteiger partial charge in [-0.15, -0.1) is 6.42 Å². The van der Waals surface area contributed by atoms with Crippen molar-refractivity contribution in [1.29, 1.82) is 0 Å². The highest BCUT2D eigenvalue weighted by molar-refractivity contribution is 5.24. The molecule has 0 rings (SSSR count). The lowest BCUT2D eigenvalue weighted by Gasteiger charge is -2.10. The molecule has 0 aliphatic carbocycles. The van der Waals surface area contributed by atoms with Crippen LogP contribution in [0.4, 0.5) is 0 Å². The first kappa shape index (κ1) is 8.26. The van der Waals surface area contributed by atoms with Gasteiger partial charge in [0.05, 0.1) is 5.60 Å². The van der Waals surface area contributed by atoms with Crippen LogP contribution in [0.2, 0.25) is 0 Å². The molecule has 0 aliphatic heterocycles. The van der Waals surface area contributed by atoms with E-state index in [1.807, 2.05) is 0 Å². The summed E-state index contributed by atoms with van der Waals surface area (Å²) in [6, 6.07) is 0. The molecule has 0 heterocycles. The van der Waals surface area contributed by atoms with E-state index >= 15 is 0 Å². The molecule has 0 saturated carbocycles. The molecule has 1 heteroatoms. The average molecular weight is 124 g/mol. The minimum absolute atomic E-state index is 0.766. The van der Waals surface area contributed by atoms with Gasteiger partial charge in [-0.3, -0.25) is 0 Å². The number of aliphatic hydroxyl groups is 1. The van der Waals surface area contributed by atoms with E-state index in [9.17, 15) is 0 Å². The molecule has 0 aromatic heterocycles. The van der Waals surface area contributed by atoms with Crippen LogP contribution in [0.5, 0.6) is 0 Å². The Morgan fingerprint density at radius 1 is 1.67 bits per heavy atom. The number of terminal acetylenes is 1. The second-order valence-corrected chi connectivity index (χ2v) is 2.63. The van der Waals surface area contributed by atoms with Crippen LogP contribution < -0.4 is 0 Å². The third kappa shape index (κ3) is 5.13. The predicted octanol–water partition coefficient (Wildman–Crippen LogP) is 1.34. The molecular weight excluding hydrogens is 112 g/mol. The van der Waals surface area contributed by atoms with Gasteiger partial charge in [0.2, 0.25) is 0 Å². The smallest absolute Gasteiger partial charge is 0.0783 e. The van der Waals surface area contributed by atoms with Gasteiger partial charge in [-0.2, -0.15) is 0 Å². The van der Waals surface area contributed by atoms with Crippen molar-refractivity contribution in [1.82, 2.24) is 0 Å². The van der Waals surface area contributed by atoms with E-state index in [0.717, 1.165) is 5.57 Å². The summed E-state index contributed by atoms with van der Waals surface area (Å²) in [5.74, 6) is 2.42. The SMILES string of the molecule is C#C/C(C)=C\C(C)(C)O. The summed E-state index contributed by atoms with van der Waals surface area (Å²) in [4.78, 5) is 0. The van der Waals surface area contributed by atoms with E-state index in [4.69, 9.17) is 11.5 Å². The fraction of sp³-hybridized carbons (Fsp3) is 0.500. The largest absolute Gasteiger partial charge is 0.386 e. The number of allylic oxidation sites excluding steroid dienone is 1. The van der Waals surface area contributed by atoms with Gasteiger partial charge in [0.15, 0.2) is 0 Å². The maximum absolute atomic E-state index is 9.15. The zero-order chi connectivity index (χ0) is 7.49. The minimum Gasteiger partial charge on any atom is -0.386 e. The molecule has 0 fully saturated rings.